The number of ether oxygens (including phenoxy) is 2. The number of hydrogen-bond acceptors (Lipinski definition) is 6. The predicted molar refractivity (Wildman–Crippen MR) is 88.2 cm³/mol. The number of imide groups is 1. The van der Waals surface area contributed by atoms with Crippen LogP contribution in [-0.2, 0) is 11.3 Å². The number of nitrogens with zero attached hydrogens (tertiary/aromatic N) is 3. The molecule has 0 N–H and O–H groups in total. The van der Waals surface area contributed by atoms with E-state index in [2.05, 4.69) is 11.7 Å². The third kappa shape index (κ3) is 4.94. The average Bonchev–Trinajstić information content (AvgIpc) is 2.44. The first kappa shape index (κ1) is 19.4. The van der Waals surface area contributed by atoms with Gasteiger partial charge in [0.25, 0.3) is 0 Å². The molecule has 2 amide bonds. The Hall–Kier alpha value is -2.64. The van der Waals surface area contributed by atoms with Crippen molar-refractivity contribution in [2.45, 2.75) is 39.8 Å². The van der Waals surface area contributed by atoms with E-state index in [-0.39, 0.29) is 24.6 Å². The molecule has 0 atom stereocenters. The second kappa shape index (κ2) is 7.76. The lowest BCUT2D eigenvalue weighted by Crippen LogP contribution is -2.44. The van der Waals surface area contributed by atoms with E-state index in [9.17, 15) is 14.8 Å². The van der Waals surface area contributed by atoms with Gasteiger partial charge in [0.2, 0.25) is 0 Å². The summed E-state index contributed by atoms with van der Waals surface area (Å²) in [6.07, 6.45) is 0.347. The SMILES string of the molecule is C=NCc1cc(OCC)c(C(=O)N(C)C(=O)OC(C)(C)C)[n+]([O-])c1. The Balaban J connectivity index is 3.21. The summed E-state index contributed by atoms with van der Waals surface area (Å²) in [6.45, 7) is 10.6. The second-order valence-corrected chi connectivity index (χ2v) is 6.05. The van der Waals surface area contributed by atoms with Crippen LogP contribution >= 0.6 is 0 Å². The molecule has 8 nitrogen and oxygen atoms in total. The monoisotopic (exact) mass is 337 g/mol. The summed E-state index contributed by atoms with van der Waals surface area (Å²) in [6, 6.07) is 1.53. The van der Waals surface area contributed by atoms with Crippen LogP contribution in [0.5, 0.6) is 5.75 Å². The fraction of sp³-hybridized carbons (Fsp3) is 0.500. The highest BCUT2D eigenvalue weighted by Gasteiger charge is 2.32. The maximum absolute atomic E-state index is 12.5. The Bertz CT molecular complexity index is 637. The molecule has 0 aliphatic rings. The van der Waals surface area contributed by atoms with Crippen molar-refractivity contribution in [1.29, 1.82) is 0 Å². The van der Waals surface area contributed by atoms with Gasteiger partial charge < -0.3 is 14.7 Å². The van der Waals surface area contributed by atoms with Gasteiger partial charge in [-0.05, 0) is 40.5 Å². The van der Waals surface area contributed by atoms with E-state index in [0.717, 1.165) is 4.90 Å². The largest absolute Gasteiger partial charge is 0.618 e. The zero-order valence-corrected chi connectivity index (χ0v) is 14.7. The normalized spacial score (nSPS) is 10.9. The van der Waals surface area contributed by atoms with Gasteiger partial charge in [0.15, 0.2) is 11.9 Å². The molecule has 0 bridgehead atoms. The fourth-order valence-electron chi connectivity index (χ4n) is 1.85. The summed E-state index contributed by atoms with van der Waals surface area (Å²) in [7, 11) is 1.24. The van der Waals surface area contributed by atoms with Gasteiger partial charge in [-0.15, -0.1) is 0 Å². The Morgan fingerprint density at radius 2 is 2.04 bits per heavy atom. The quantitative estimate of drug-likeness (QED) is 0.465. The average molecular weight is 337 g/mol. The highest BCUT2D eigenvalue weighted by Crippen LogP contribution is 2.20. The van der Waals surface area contributed by atoms with Crippen molar-refractivity contribution < 1.29 is 23.8 Å². The first-order valence-corrected chi connectivity index (χ1v) is 7.43. The Morgan fingerprint density at radius 3 is 2.54 bits per heavy atom. The highest BCUT2D eigenvalue weighted by molar-refractivity contribution is 6.02. The second-order valence-electron chi connectivity index (χ2n) is 6.05. The lowest BCUT2D eigenvalue weighted by atomic mass is 10.2. The van der Waals surface area contributed by atoms with Crippen molar-refractivity contribution in [3.63, 3.8) is 0 Å². The number of pyridine rings is 1. The molecule has 0 aliphatic carbocycles. The molecule has 0 saturated heterocycles. The fourth-order valence-corrected chi connectivity index (χ4v) is 1.85. The Morgan fingerprint density at radius 1 is 1.42 bits per heavy atom. The molecule has 0 aliphatic heterocycles. The third-order valence-corrected chi connectivity index (χ3v) is 2.82. The van der Waals surface area contributed by atoms with E-state index in [0.29, 0.717) is 10.3 Å². The van der Waals surface area contributed by atoms with E-state index in [1.54, 1.807) is 27.7 Å². The van der Waals surface area contributed by atoms with E-state index < -0.39 is 17.6 Å². The zero-order valence-electron chi connectivity index (χ0n) is 14.7. The van der Waals surface area contributed by atoms with Crippen LogP contribution in [0.1, 0.15) is 43.7 Å². The maximum Gasteiger partial charge on any atom is 0.417 e. The number of hydrogen-bond donors (Lipinski definition) is 0. The molecule has 1 heterocycles. The van der Waals surface area contributed by atoms with E-state index >= 15 is 0 Å². The van der Waals surface area contributed by atoms with Gasteiger partial charge in [0, 0.05) is 12.6 Å². The van der Waals surface area contributed by atoms with Crippen LogP contribution in [0.3, 0.4) is 0 Å². The first-order valence-electron chi connectivity index (χ1n) is 7.43. The van der Waals surface area contributed by atoms with Crippen LogP contribution in [0.4, 0.5) is 4.79 Å². The summed E-state index contributed by atoms with van der Waals surface area (Å²) in [4.78, 5) is 29.0. The molecule has 0 aromatic carbocycles. The van der Waals surface area contributed by atoms with Crippen molar-refractivity contribution in [1.82, 2.24) is 4.90 Å². The summed E-state index contributed by atoms with van der Waals surface area (Å²) in [5, 5.41) is 12.2. The molecule has 1 rings (SSSR count). The van der Waals surface area contributed by atoms with Gasteiger partial charge in [-0.1, -0.05) is 0 Å². The van der Waals surface area contributed by atoms with Crippen LogP contribution < -0.4 is 9.47 Å². The summed E-state index contributed by atoms with van der Waals surface area (Å²) in [5.74, 6) is -0.741. The van der Waals surface area contributed by atoms with Gasteiger partial charge in [0.1, 0.15) is 5.60 Å². The summed E-state index contributed by atoms with van der Waals surface area (Å²) in [5.41, 5.74) is -0.515. The Kier molecular flexibility index (Phi) is 6.27. The molecule has 132 valence electrons. The molecule has 0 spiro atoms. The van der Waals surface area contributed by atoms with Crippen LogP contribution in [-0.4, -0.2) is 42.9 Å². The lowest BCUT2D eigenvalue weighted by Gasteiger charge is -2.23. The van der Waals surface area contributed by atoms with Crippen molar-refractivity contribution in [2.75, 3.05) is 13.7 Å². The van der Waals surface area contributed by atoms with Gasteiger partial charge in [0.05, 0.1) is 13.2 Å². The number of carbonyl (C=O) groups is 2. The standard InChI is InChI=1S/C16H23N3O5/c1-7-23-12-8-11(9-17-5)10-19(22)13(12)14(20)18(6)15(21)24-16(2,3)4/h8,10H,5,7,9H2,1-4,6H3. The number of aromatic nitrogens is 1. The zero-order chi connectivity index (χ0) is 18.5. The third-order valence-electron chi connectivity index (χ3n) is 2.82. The van der Waals surface area contributed by atoms with Gasteiger partial charge in [-0.3, -0.25) is 9.79 Å². The molecule has 24 heavy (non-hydrogen) atoms. The molecule has 0 unspecified atom stereocenters. The number of rotatable bonds is 5. The van der Waals surface area contributed by atoms with E-state index in [4.69, 9.17) is 9.47 Å². The predicted octanol–water partition coefficient (Wildman–Crippen LogP) is 1.93. The number of aliphatic imine (C=N–C) groups is 1. The maximum atomic E-state index is 12.5. The molecule has 0 radical (unpaired) electrons. The topological polar surface area (TPSA) is 95.1 Å². The molecule has 1 aromatic heterocycles. The number of amides is 2. The molecule has 0 fully saturated rings. The molecular formula is C16H23N3O5. The van der Waals surface area contributed by atoms with Crippen molar-refractivity contribution in [3.05, 3.63) is 28.7 Å². The highest BCUT2D eigenvalue weighted by atomic mass is 16.6. The molecular weight excluding hydrogens is 314 g/mol. The van der Waals surface area contributed by atoms with Crippen LogP contribution in [0.2, 0.25) is 0 Å². The minimum atomic E-state index is -0.855. The van der Waals surface area contributed by atoms with Crippen molar-refractivity contribution >= 4 is 18.7 Å². The molecule has 8 heteroatoms. The van der Waals surface area contributed by atoms with Gasteiger partial charge in [-0.25, -0.2) is 9.69 Å². The summed E-state index contributed by atoms with van der Waals surface area (Å²) >= 11 is 0. The minimum Gasteiger partial charge on any atom is -0.618 e. The molecule has 0 saturated carbocycles. The van der Waals surface area contributed by atoms with Crippen molar-refractivity contribution in [2.24, 2.45) is 4.99 Å². The van der Waals surface area contributed by atoms with Crippen molar-refractivity contribution in [3.8, 4) is 5.75 Å². The minimum absolute atomic E-state index is 0.0778. The van der Waals surface area contributed by atoms with E-state index in [1.165, 1.54) is 19.3 Å². The van der Waals surface area contributed by atoms with Crippen LogP contribution in [0.25, 0.3) is 0 Å². The first-order chi connectivity index (χ1) is 11.1. The van der Waals surface area contributed by atoms with Crippen LogP contribution in [0.15, 0.2) is 17.3 Å². The van der Waals surface area contributed by atoms with E-state index in [1.807, 2.05) is 0 Å². The van der Waals surface area contributed by atoms with Gasteiger partial charge >= 0.3 is 17.7 Å². The number of carbonyl (C=O) groups excluding carboxylic acids is 2. The summed E-state index contributed by atoms with van der Waals surface area (Å²) < 4.78 is 10.9. The Labute approximate surface area is 141 Å². The van der Waals surface area contributed by atoms with Crippen LogP contribution in [0, 0.1) is 5.21 Å². The van der Waals surface area contributed by atoms with Gasteiger partial charge in [-0.2, -0.15) is 4.73 Å². The smallest absolute Gasteiger partial charge is 0.417 e. The molecule has 1 aromatic rings. The lowest BCUT2D eigenvalue weighted by molar-refractivity contribution is -0.608.